The van der Waals surface area contributed by atoms with Crippen LogP contribution in [0.3, 0.4) is 0 Å². The molecule has 41 heavy (non-hydrogen) atoms. The first-order valence-corrected chi connectivity index (χ1v) is 15.4. The third-order valence-corrected chi connectivity index (χ3v) is 9.46. The van der Waals surface area contributed by atoms with Crippen molar-refractivity contribution >= 4 is 27.0 Å². The number of fused-ring (bicyclic) bond motifs is 2. The van der Waals surface area contributed by atoms with Crippen LogP contribution in [0.2, 0.25) is 0 Å². The number of rotatable bonds is 11. The summed E-state index contributed by atoms with van der Waals surface area (Å²) in [5.74, 6) is -0.0352. The number of H-pyrrole nitrogens is 1. The van der Waals surface area contributed by atoms with E-state index in [0.29, 0.717) is 17.7 Å². The summed E-state index contributed by atoms with van der Waals surface area (Å²) in [6, 6.07) is 13.4. The van der Waals surface area contributed by atoms with Crippen molar-refractivity contribution in [2.24, 2.45) is 11.8 Å². The Bertz CT molecular complexity index is 1450. The Balaban J connectivity index is 1.35. The lowest BCUT2D eigenvalue weighted by Crippen LogP contribution is -2.51. The lowest BCUT2D eigenvalue weighted by Gasteiger charge is -2.31. The number of hydrogen-bond donors (Lipinski definition) is 3. The lowest BCUT2D eigenvalue weighted by atomic mass is 10.0. The van der Waals surface area contributed by atoms with Crippen LogP contribution in [-0.4, -0.2) is 85.0 Å². The highest BCUT2D eigenvalue weighted by atomic mass is 32.2. The average molecular weight is 587 g/mol. The van der Waals surface area contributed by atoms with Crippen LogP contribution in [0.15, 0.2) is 53.4 Å². The van der Waals surface area contributed by atoms with Gasteiger partial charge in [0, 0.05) is 18.5 Å². The van der Waals surface area contributed by atoms with Crippen LogP contribution in [0.5, 0.6) is 0 Å². The Morgan fingerprint density at radius 1 is 1.20 bits per heavy atom. The fraction of sp³-hybridized carbons (Fsp3) is 0.517. The van der Waals surface area contributed by atoms with Gasteiger partial charge >= 0.3 is 6.09 Å². The highest BCUT2D eigenvalue weighted by Gasteiger charge is 2.44. The summed E-state index contributed by atoms with van der Waals surface area (Å²) in [5.41, 5.74) is 2.32. The van der Waals surface area contributed by atoms with Gasteiger partial charge in [0.05, 0.1) is 47.4 Å². The predicted octanol–water partition coefficient (Wildman–Crippen LogP) is 2.98. The minimum Gasteiger partial charge on any atom is -0.443 e. The molecule has 11 nitrogen and oxygen atoms in total. The summed E-state index contributed by atoms with van der Waals surface area (Å²) in [5, 5.41) is 22.0. The molecule has 2 aromatic carbocycles. The molecule has 12 heteroatoms. The zero-order valence-corrected chi connectivity index (χ0v) is 24.3. The number of nitrogens with one attached hydrogen (secondary N) is 2. The molecule has 0 aliphatic carbocycles. The Morgan fingerprint density at radius 3 is 2.73 bits per heavy atom. The van der Waals surface area contributed by atoms with Gasteiger partial charge in [0.2, 0.25) is 10.0 Å². The number of hydrogen-bond acceptors (Lipinski definition) is 8. The summed E-state index contributed by atoms with van der Waals surface area (Å²) in [7, 11) is -3.98. The predicted molar refractivity (Wildman–Crippen MR) is 152 cm³/mol. The number of ether oxygens (including phenoxy) is 3. The quantitative estimate of drug-likeness (QED) is 0.311. The number of carbonyl (C=O) groups excluding carboxylic acids is 1. The molecule has 2 fully saturated rings. The van der Waals surface area contributed by atoms with Gasteiger partial charge in [-0.05, 0) is 49.4 Å². The molecule has 2 saturated heterocycles. The third-order valence-electron chi connectivity index (χ3n) is 7.63. The Morgan fingerprint density at radius 2 is 1.98 bits per heavy atom. The van der Waals surface area contributed by atoms with E-state index in [4.69, 9.17) is 14.2 Å². The number of aromatic amines is 1. The molecule has 2 aliphatic heterocycles. The van der Waals surface area contributed by atoms with E-state index in [9.17, 15) is 18.3 Å². The van der Waals surface area contributed by atoms with E-state index in [-0.39, 0.29) is 49.1 Å². The van der Waals surface area contributed by atoms with Crippen molar-refractivity contribution in [3.05, 3.63) is 59.8 Å². The minimum absolute atomic E-state index is 0.00851. The summed E-state index contributed by atoms with van der Waals surface area (Å²) < 4.78 is 45.8. The normalized spacial score (nSPS) is 22.2. The molecule has 1 aromatic heterocycles. The maximum atomic E-state index is 13.9. The molecule has 3 N–H and O–H groups in total. The van der Waals surface area contributed by atoms with E-state index in [0.717, 1.165) is 17.5 Å². The van der Waals surface area contributed by atoms with Crippen molar-refractivity contribution in [3.63, 3.8) is 0 Å². The van der Waals surface area contributed by atoms with E-state index >= 15 is 0 Å². The van der Waals surface area contributed by atoms with Crippen molar-refractivity contribution in [3.8, 4) is 0 Å². The number of aryl methyl sites for hydroxylation is 1. The molecule has 0 radical (unpaired) electrons. The highest BCUT2D eigenvalue weighted by molar-refractivity contribution is 7.89. The van der Waals surface area contributed by atoms with Crippen molar-refractivity contribution in [2.75, 3.05) is 26.3 Å². The largest absolute Gasteiger partial charge is 0.443 e. The monoisotopic (exact) mass is 586 g/mol. The second-order valence-electron chi connectivity index (χ2n) is 11.2. The van der Waals surface area contributed by atoms with Crippen molar-refractivity contribution < 1.29 is 32.5 Å². The highest BCUT2D eigenvalue weighted by Crippen LogP contribution is 2.33. The molecular weight excluding hydrogens is 548 g/mol. The molecule has 0 bridgehead atoms. The van der Waals surface area contributed by atoms with Crippen LogP contribution >= 0.6 is 0 Å². The average Bonchev–Trinajstić information content (AvgIpc) is 3.66. The van der Waals surface area contributed by atoms with Crippen molar-refractivity contribution in [1.82, 2.24) is 19.8 Å². The summed E-state index contributed by atoms with van der Waals surface area (Å²) in [6.45, 7) is 6.41. The summed E-state index contributed by atoms with van der Waals surface area (Å²) in [6.07, 6.45) is -1.70. The molecule has 3 aromatic rings. The fourth-order valence-corrected chi connectivity index (χ4v) is 7.12. The van der Waals surface area contributed by atoms with Gasteiger partial charge in [-0.25, -0.2) is 13.2 Å². The standard InChI is InChI=1S/C29H38N4O7S/c1-18(2)15-33(41(36,37)21-9-10-24-23(14-21)19(3)31-32-24)16-26(34)25(13-20-7-5-4-6-8-20)30-29(35)40-27-17-39-28-22(27)11-12-38-28/h4-10,14,18,22,25-28,34H,11-13,15-17H2,1-3H3,(H,30,35)(H,31,32). The summed E-state index contributed by atoms with van der Waals surface area (Å²) in [4.78, 5) is 13.1. The Labute approximate surface area is 240 Å². The molecule has 1 amide bonds. The molecule has 5 unspecified atom stereocenters. The van der Waals surface area contributed by atoms with Crippen LogP contribution in [0.1, 0.15) is 31.5 Å². The molecule has 3 heterocycles. The van der Waals surface area contributed by atoms with Crippen LogP contribution in [0, 0.1) is 18.8 Å². The molecule has 2 aliphatic rings. The zero-order chi connectivity index (χ0) is 29.1. The van der Waals surface area contributed by atoms with Gasteiger partial charge in [-0.1, -0.05) is 44.2 Å². The third kappa shape index (κ3) is 6.73. The van der Waals surface area contributed by atoms with Crippen LogP contribution in [-0.2, 0) is 30.7 Å². The number of benzene rings is 2. The number of amides is 1. The van der Waals surface area contributed by atoms with Gasteiger partial charge in [-0.2, -0.15) is 9.40 Å². The molecule has 0 saturated carbocycles. The first-order valence-electron chi connectivity index (χ1n) is 14.0. The van der Waals surface area contributed by atoms with Crippen LogP contribution in [0.25, 0.3) is 10.9 Å². The maximum absolute atomic E-state index is 13.9. The zero-order valence-electron chi connectivity index (χ0n) is 23.5. The van der Waals surface area contributed by atoms with Gasteiger partial charge in [0.15, 0.2) is 6.29 Å². The van der Waals surface area contributed by atoms with Gasteiger partial charge in [0.1, 0.15) is 6.10 Å². The van der Waals surface area contributed by atoms with Crippen LogP contribution < -0.4 is 5.32 Å². The van der Waals surface area contributed by atoms with Crippen molar-refractivity contribution in [2.45, 2.75) is 63.0 Å². The molecule has 222 valence electrons. The number of alkyl carbamates (subject to hydrolysis) is 1. The number of aromatic nitrogens is 2. The van der Waals surface area contributed by atoms with E-state index < -0.39 is 34.4 Å². The Kier molecular flexibility index (Phi) is 8.95. The first-order chi connectivity index (χ1) is 19.6. The van der Waals surface area contributed by atoms with E-state index in [2.05, 4.69) is 15.5 Å². The van der Waals surface area contributed by atoms with Gasteiger partial charge < -0.3 is 24.6 Å². The van der Waals surface area contributed by atoms with Gasteiger partial charge in [-0.3, -0.25) is 5.10 Å². The van der Waals surface area contributed by atoms with E-state index in [1.807, 2.05) is 44.2 Å². The number of aliphatic hydroxyl groups excluding tert-OH is 1. The first kappa shape index (κ1) is 29.5. The van der Waals surface area contributed by atoms with Crippen LogP contribution in [0.4, 0.5) is 4.79 Å². The van der Waals surface area contributed by atoms with Gasteiger partial charge in [0.25, 0.3) is 0 Å². The number of nitrogens with zero attached hydrogens (tertiary/aromatic N) is 2. The SMILES string of the molecule is Cc1n[nH]c2ccc(S(=O)(=O)N(CC(C)C)CC(O)C(Cc3ccccc3)NC(=O)OC3COC4OCCC34)cc12. The molecule has 0 spiro atoms. The molecule has 5 atom stereocenters. The van der Waals surface area contributed by atoms with Gasteiger partial charge in [-0.15, -0.1) is 0 Å². The Hall–Kier alpha value is -3.03. The number of aliphatic hydroxyl groups is 1. The molecule has 5 rings (SSSR count). The molecular formula is C29H38N4O7S. The fourth-order valence-electron chi connectivity index (χ4n) is 5.47. The topological polar surface area (TPSA) is 143 Å². The van der Waals surface area contributed by atoms with E-state index in [1.165, 1.54) is 10.4 Å². The summed E-state index contributed by atoms with van der Waals surface area (Å²) >= 11 is 0. The lowest BCUT2D eigenvalue weighted by molar-refractivity contribution is -0.0907. The van der Waals surface area contributed by atoms with Crippen molar-refractivity contribution in [1.29, 1.82) is 0 Å². The second kappa shape index (κ2) is 12.5. The minimum atomic E-state index is -3.98. The maximum Gasteiger partial charge on any atom is 0.407 e. The second-order valence-corrected chi connectivity index (χ2v) is 13.1. The number of carbonyl (C=O) groups is 1. The van der Waals surface area contributed by atoms with E-state index in [1.54, 1.807) is 19.1 Å². The number of sulfonamides is 1. The smallest absolute Gasteiger partial charge is 0.407 e.